The molecule has 1 atom stereocenters. The minimum absolute atomic E-state index is 0.00393. The first-order valence-corrected chi connectivity index (χ1v) is 5.94. The molecule has 92 valence electrons. The maximum atomic E-state index is 5.90. The summed E-state index contributed by atoms with van der Waals surface area (Å²) in [4.78, 5) is 4.27. The average molecular weight is 241 g/mol. The molecule has 0 aromatic heterocycles. The van der Waals surface area contributed by atoms with E-state index in [4.69, 9.17) is 4.74 Å². The lowest BCUT2D eigenvalue weighted by atomic mass is 10.1. The summed E-state index contributed by atoms with van der Waals surface area (Å²) in [5, 5.41) is 1.91. The first kappa shape index (κ1) is 10.9. The van der Waals surface area contributed by atoms with E-state index in [1.54, 1.807) is 6.34 Å². The first-order valence-electron chi connectivity index (χ1n) is 5.94. The molecule has 2 heterocycles. The van der Waals surface area contributed by atoms with E-state index in [1.807, 2.05) is 29.4 Å². The number of aliphatic imine (C=N–C) groups is 1. The molecule has 4 heteroatoms. The number of allylic oxidation sites excluding steroid dienone is 1. The van der Waals surface area contributed by atoms with Crippen molar-refractivity contribution >= 4 is 6.34 Å². The van der Waals surface area contributed by atoms with Gasteiger partial charge in [-0.25, -0.2) is 4.99 Å². The molecule has 0 aliphatic carbocycles. The second-order valence-corrected chi connectivity index (χ2v) is 4.48. The van der Waals surface area contributed by atoms with E-state index >= 15 is 0 Å². The van der Waals surface area contributed by atoms with E-state index in [0.29, 0.717) is 0 Å². The fourth-order valence-corrected chi connectivity index (χ4v) is 2.04. The van der Waals surface area contributed by atoms with Crippen molar-refractivity contribution in [3.05, 3.63) is 53.4 Å². The summed E-state index contributed by atoms with van der Waals surface area (Å²) < 4.78 is 5.90. The number of nitrogens with zero attached hydrogens (tertiary/aromatic N) is 2. The van der Waals surface area contributed by atoms with Gasteiger partial charge in [0.2, 0.25) is 0 Å². The van der Waals surface area contributed by atoms with Gasteiger partial charge in [-0.3, -0.25) is 10.4 Å². The lowest BCUT2D eigenvalue weighted by Gasteiger charge is -2.23. The van der Waals surface area contributed by atoms with E-state index in [2.05, 4.69) is 36.4 Å². The molecule has 0 saturated carbocycles. The van der Waals surface area contributed by atoms with Gasteiger partial charge in [-0.1, -0.05) is 17.7 Å². The Morgan fingerprint density at radius 2 is 2.22 bits per heavy atom. The minimum Gasteiger partial charge on any atom is -0.457 e. The van der Waals surface area contributed by atoms with Crippen molar-refractivity contribution in [3.8, 4) is 5.75 Å². The molecule has 0 radical (unpaired) electrons. The molecule has 2 aliphatic rings. The predicted molar refractivity (Wildman–Crippen MR) is 71.0 cm³/mol. The Labute approximate surface area is 106 Å². The van der Waals surface area contributed by atoms with E-state index in [1.165, 1.54) is 5.56 Å². The van der Waals surface area contributed by atoms with E-state index in [0.717, 1.165) is 17.1 Å². The van der Waals surface area contributed by atoms with Crippen LogP contribution in [0.3, 0.4) is 0 Å². The van der Waals surface area contributed by atoms with Gasteiger partial charge in [-0.2, -0.15) is 0 Å². The van der Waals surface area contributed by atoms with Crippen molar-refractivity contribution in [2.24, 2.45) is 4.99 Å². The maximum absolute atomic E-state index is 5.90. The van der Waals surface area contributed by atoms with Crippen LogP contribution in [0.25, 0.3) is 0 Å². The number of ether oxygens (including phenoxy) is 1. The van der Waals surface area contributed by atoms with Gasteiger partial charge >= 0.3 is 0 Å². The standard InChI is InChI=1S/C14H15N3O/c1-10-3-4-13(11(2)7-10)18-12-5-6-17-14(8-12)15-9-16-17/h3-9,14H,1-2H3,(H,15,16). The quantitative estimate of drug-likeness (QED) is 0.863. The SMILES string of the molecule is Cc1ccc(OC2=CC3N=CNN3C=C2)c(C)c1. The van der Waals surface area contributed by atoms with Crippen LogP contribution in [0.5, 0.6) is 5.75 Å². The molecule has 0 fully saturated rings. The normalized spacial score (nSPS) is 20.4. The number of fused-ring (bicyclic) bond motifs is 1. The third-order valence-electron chi connectivity index (χ3n) is 2.99. The molecule has 1 aromatic carbocycles. The summed E-state index contributed by atoms with van der Waals surface area (Å²) in [5.74, 6) is 1.71. The molecule has 0 spiro atoms. The van der Waals surface area contributed by atoms with Crippen LogP contribution >= 0.6 is 0 Å². The number of nitrogens with one attached hydrogen (secondary N) is 1. The molecule has 0 saturated heterocycles. The molecule has 3 rings (SSSR count). The number of aryl methyl sites for hydroxylation is 2. The zero-order valence-electron chi connectivity index (χ0n) is 10.4. The van der Waals surface area contributed by atoms with Gasteiger partial charge < -0.3 is 4.74 Å². The monoisotopic (exact) mass is 241 g/mol. The summed E-state index contributed by atoms with van der Waals surface area (Å²) in [5.41, 5.74) is 5.39. The van der Waals surface area contributed by atoms with Gasteiger partial charge in [0.05, 0.1) is 0 Å². The third kappa shape index (κ3) is 1.97. The van der Waals surface area contributed by atoms with E-state index in [-0.39, 0.29) is 6.17 Å². The molecule has 0 bridgehead atoms. The van der Waals surface area contributed by atoms with Gasteiger partial charge in [0, 0.05) is 12.3 Å². The summed E-state index contributed by atoms with van der Waals surface area (Å²) >= 11 is 0. The van der Waals surface area contributed by atoms with Crippen LogP contribution < -0.4 is 10.2 Å². The van der Waals surface area contributed by atoms with E-state index in [9.17, 15) is 0 Å². The highest BCUT2D eigenvalue weighted by atomic mass is 16.5. The molecule has 1 unspecified atom stereocenters. The molecular weight excluding hydrogens is 226 g/mol. The Balaban J connectivity index is 1.81. The first-order chi connectivity index (χ1) is 8.72. The Morgan fingerprint density at radius 3 is 3.06 bits per heavy atom. The highest BCUT2D eigenvalue weighted by Crippen LogP contribution is 2.24. The average Bonchev–Trinajstić information content (AvgIpc) is 2.80. The highest BCUT2D eigenvalue weighted by molar-refractivity contribution is 5.57. The summed E-state index contributed by atoms with van der Waals surface area (Å²) in [7, 11) is 0. The molecular formula is C14H15N3O. The van der Waals surface area contributed by atoms with Gasteiger partial charge in [-0.05, 0) is 31.6 Å². The molecule has 18 heavy (non-hydrogen) atoms. The number of rotatable bonds is 2. The lowest BCUT2D eigenvalue weighted by molar-refractivity contribution is 0.300. The van der Waals surface area contributed by atoms with Gasteiger partial charge in [0.25, 0.3) is 0 Å². The van der Waals surface area contributed by atoms with Crippen molar-refractivity contribution < 1.29 is 4.74 Å². The highest BCUT2D eigenvalue weighted by Gasteiger charge is 2.20. The van der Waals surface area contributed by atoms with Gasteiger partial charge in [0.1, 0.15) is 17.8 Å². The topological polar surface area (TPSA) is 36.9 Å². The minimum atomic E-state index is -0.00393. The smallest absolute Gasteiger partial charge is 0.163 e. The molecule has 0 amide bonds. The number of hydrazine groups is 1. The molecule has 1 N–H and O–H groups in total. The van der Waals surface area contributed by atoms with Crippen molar-refractivity contribution in [1.82, 2.24) is 10.4 Å². The predicted octanol–water partition coefficient (Wildman–Crippen LogP) is 2.27. The third-order valence-corrected chi connectivity index (χ3v) is 2.99. The zero-order valence-corrected chi connectivity index (χ0v) is 10.4. The Bertz CT molecular complexity index is 560. The largest absolute Gasteiger partial charge is 0.457 e. The summed E-state index contributed by atoms with van der Waals surface area (Å²) in [6.07, 6.45) is 7.52. The Morgan fingerprint density at radius 1 is 1.33 bits per heavy atom. The zero-order chi connectivity index (χ0) is 12.5. The van der Waals surface area contributed by atoms with Crippen molar-refractivity contribution in [2.75, 3.05) is 0 Å². The van der Waals surface area contributed by atoms with Crippen LogP contribution in [0.15, 0.2) is 47.3 Å². The second kappa shape index (κ2) is 4.22. The number of hydrogen-bond donors (Lipinski definition) is 1. The fourth-order valence-electron chi connectivity index (χ4n) is 2.04. The van der Waals surface area contributed by atoms with E-state index < -0.39 is 0 Å². The van der Waals surface area contributed by atoms with Crippen LogP contribution in [-0.2, 0) is 0 Å². The van der Waals surface area contributed by atoms with Crippen molar-refractivity contribution in [3.63, 3.8) is 0 Å². The maximum Gasteiger partial charge on any atom is 0.163 e. The molecule has 1 aromatic rings. The Hall–Kier alpha value is -2.23. The van der Waals surface area contributed by atoms with Crippen LogP contribution in [0.1, 0.15) is 11.1 Å². The van der Waals surface area contributed by atoms with Crippen LogP contribution in [-0.4, -0.2) is 17.5 Å². The lowest BCUT2D eigenvalue weighted by Crippen LogP contribution is -2.34. The number of hydrogen-bond acceptors (Lipinski definition) is 4. The summed E-state index contributed by atoms with van der Waals surface area (Å²) in [6, 6.07) is 6.17. The van der Waals surface area contributed by atoms with Gasteiger partial charge in [-0.15, -0.1) is 0 Å². The molecule has 4 nitrogen and oxygen atoms in total. The summed E-state index contributed by atoms with van der Waals surface area (Å²) in [6.45, 7) is 4.13. The van der Waals surface area contributed by atoms with Crippen LogP contribution in [0, 0.1) is 13.8 Å². The fraction of sp³-hybridized carbons (Fsp3) is 0.214. The van der Waals surface area contributed by atoms with Crippen LogP contribution in [0.2, 0.25) is 0 Å². The second-order valence-electron chi connectivity index (χ2n) is 4.48. The number of benzene rings is 1. The van der Waals surface area contributed by atoms with Crippen LogP contribution in [0.4, 0.5) is 0 Å². The van der Waals surface area contributed by atoms with Gasteiger partial charge in [0.15, 0.2) is 6.17 Å². The Kier molecular flexibility index (Phi) is 2.55. The van der Waals surface area contributed by atoms with Crippen molar-refractivity contribution in [1.29, 1.82) is 0 Å². The molecule has 2 aliphatic heterocycles. The van der Waals surface area contributed by atoms with Crippen molar-refractivity contribution in [2.45, 2.75) is 20.0 Å².